The van der Waals surface area contributed by atoms with Crippen LogP contribution in [0.4, 0.5) is 5.69 Å². The summed E-state index contributed by atoms with van der Waals surface area (Å²) < 4.78 is 1.72. The van der Waals surface area contributed by atoms with E-state index in [9.17, 15) is 34.2 Å². The largest absolute Gasteiger partial charge is 0.480 e. The lowest BCUT2D eigenvalue weighted by atomic mass is 10.0. The number of nitrogen functional groups attached to an aromatic ring is 1. The van der Waals surface area contributed by atoms with Crippen molar-refractivity contribution in [1.29, 1.82) is 0 Å². The third-order valence-electron chi connectivity index (χ3n) is 6.18. The van der Waals surface area contributed by atoms with Gasteiger partial charge in [0.1, 0.15) is 28.7 Å². The molecule has 0 radical (unpaired) electrons. The van der Waals surface area contributed by atoms with E-state index in [1.807, 2.05) is 0 Å². The molecule has 2 aliphatic heterocycles. The van der Waals surface area contributed by atoms with Crippen molar-refractivity contribution in [1.82, 2.24) is 29.6 Å². The second-order valence-corrected chi connectivity index (χ2v) is 10.8. The Morgan fingerprint density at radius 3 is 2.60 bits per heavy atom. The van der Waals surface area contributed by atoms with Crippen LogP contribution < -0.4 is 16.7 Å². The molecule has 5 rings (SSSR count). The van der Waals surface area contributed by atoms with E-state index in [0.29, 0.717) is 10.6 Å². The van der Waals surface area contributed by atoms with Crippen LogP contribution in [0.3, 0.4) is 0 Å². The molecule has 4 heterocycles. The van der Waals surface area contributed by atoms with Crippen LogP contribution in [0, 0.1) is 0 Å². The number of aromatic nitrogens is 4. The molecule has 3 aromatic rings. The average molecular weight is 588 g/mol. The first-order valence-electron chi connectivity index (χ1n) is 11.6. The summed E-state index contributed by atoms with van der Waals surface area (Å²) in [5, 5.41) is 39.5. The second kappa shape index (κ2) is 10.7. The van der Waals surface area contributed by atoms with Gasteiger partial charge in [0, 0.05) is 22.8 Å². The SMILES string of the molecule is Nc1ccccc1[C@@H](O)C(=O)NC1C(=O)N2C(C(=O)O)=C(CSc3ccc4nn(CC(=O)O)c(=O)n4n3)CS[C@H]12. The van der Waals surface area contributed by atoms with Gasteiger partial charge < -0.3 is 26.4 Å². The van der Waals surface area contributed by atoms with E-state index < -0.39 is 53.5 Å². The summed E-state index contributed by atoms with van der Waals surface area (Å²) in [6.45, 7) is -0.623. The lowest BCUT2D eigenvalue weighted by Gasteiger charge is -2.49. The number of nitrogens with one attached hydrogen (secondary N) is 1. The minimum atomic E-state index is -1.60. The number of carboxylic acid groups (broad SMARTS) is 2. The summed E-state index contributed by atoms with van der Waals surface area (Å²) in [5.74, 6) is -3.64. The number of hydrogen-bond acceptors (Lipinski definition) is 11. The third kappa shape index (κ3) is 4.89. The number of fused-ring (bicyclic) bond motifs is 2. The number of aliphatic hydroxyl groups is 1. The van der Waals surface area contributed by atoms with Gasteiger partial charge in [-0.15, -0.1) is 28.6 Å². The van der Waals surface area contributed by atoms with E-state index in [0.717, 1.165) is 25.9 Å². The van der Waals surface area contributed by atoms with Gasteiger partial charge in [-0.2, -0.15) is 14.3 Å². The maximum atomic E-state index is 12.9. The number of nitrogens with two attached hydrogens (primary N) is 1. The number of β-lactam (4-membered cyclic amide) rings is 1. The van der Waals surface area contributed by atoms with Gasteiger partial charge in [-0.25, -0.2) is 9.59 Å². The van der Waals surface area contributed by atoms with E-state index in [1.54, 1.807) is 18.2 Å². The lowest BCUT2D eigenvalue weighted by molar-refractivity contribution is -0.151. The molecule has 3 atom stereocenters. The van der Waals surface area contributed by atoms with Gasteiger partial charge in [-0.05, 0) is 23.8 Å². The molecule has 0 spiro atoms. The predicted octanol–water partition coefficient (Wildman–Crippen LogP) is -0.878. The fraction of sp³-hybridized carbons (Fsp3) is 0.261. The smallest absolute Gasteiger partial charge is 0.367 e. The zero-order chi connectivity index (χ0) is 28.7. The number of carbonyl (C=O) groups is 4. The highest BCUT2D eigenvalue weighted by Gasteiger charge is 2.54. The number of aliphatic hydroxyl groups excluding tert-OH is 1. The molecular weight excluding hydrogens is 566 g/mol. The molecular formula is C23H21N7O8S2. The number of anilines is 1. The molecule has 0 bridgehead atoms. The molecule has 17 heteroatoms. The molecule has 40 heavy (non-hydrogen) atoms. The van der Waals surface area contributed by atoms with Gasteiger partial charge in [0.05, 0.1) is 0 Å². The standard InChI is InChI=1S/C23H21N7O8S2/c24-12-4-2-1-3-11(12)18(33)19(34)25-16-20(35)29-17(22(36)37)10(9-40-21(16)29)8-39-14-6-5-13-26-28(7-15(31)32)23(38)30(13)27-14/h1-6,16,18,21,33H,7-9,24H2,(H,25,34)(H,31,32)(H,36,37)/t16?,18-,21-/m1/s1. The zero-order valence-corrected chi connectivity index (χ0v) is 22.0. The Morgan fingerprint density at radius 1 is 1.15 bits per heavy atom. The highest BCUT2D eigenvalue weighted by Crippen LogP contribution is 2.41. The molecule has 208 valence electrons. The Morgan fingerprint density at radius 2 is 1.90 bits per heavy atom. The maximum absolute atomic E-state index is 12.9. The summed E-state index contributed by atoms with van der Waals surface area (Å²) in [6.07, 6.45) is -1.60. The molecule has 15 nitrogen and oxygen atoms in total. The van der Waals surface area contributed by atoms with Gasteiger partial charge in [0.15, 0.2) is 11.8 Å². The Labute approximate surface area is 232 Å². The molecule has 6 N–H and O–H groups in total. The summed E-state index contributed by atoms with van der Waals surface area (Å²) in [6, 6.07) is 8.29. The number of carboxylic acids is 2. The van der Waals surface area contributed by atoms with E-state index in [4.69, 9.17) is 10.8 Å². The number of para-hydroxylation sites is 1. The number of nitrogens with zero attached hydrogens (tertiary/aromatic N) is 5. The quantitative estimate of drug-likeness (QED) is 0.117. The molecule has 1 unspecified atom stereocenters. The molecule has 0 aliphatic carbocycles. The van der Waals surface area contributed by atoms with E-state index in [-0.39, 0.29) is 34.1 Å². The van der Waals surface area contributed by atoms with Crippen molar-refractivity contribution in [3.63, 3.8) is 0 Å². The Bertz CT molecular complexity index is 1650. The van der Waals surface area contributed by atoms with Crippen LogP contribution in [-0.4, -0.2) is 86.3 Å². The number of carbonyl (C=O) groups excluding carboxylic acids is 2. The van der Waals surface area contributed by atoms with Gasteiger partial charge >= 0.3 is 17.6 Å². The number of hydrogen-bond donors (Lipinski definition) is 5. The number of aliphatic carboxylic acids is 2. The highest BCUT2D eigenvalue weighted by atomic mass is 32.2. The van der Waals surface area contributed by atoms with Crippen molar-refractivity contribution in [3.05, 3.63) is 63.7 Å². The molecule has 2 amide bonds. The molecule has 2 aromatic heterocycles. The molecule has 0 saturated carbocycles. The van der Waals surface area contributed by atoms with Crippen LogP contribution in [0.5, 0.6) is 0 Å². The fourth-order valence-electron chi connectivity index (χ4n) is 4.29. The first-order valence-corrected chi connectivity index (χ1v) is 13.6. The summed E-state index contributed by atoms with van der Waals surface area (Å²) >= 11 is 2.39. The predicted molar refractivity (Wildman–Crippen MR) is 141 cm³/mol. The van der Waals surface area contributed by atoms with Gasteiger partial charge in [0.25, 0.3) is 11.8 Å². The van der Waals surface area contributed by atoms with Crippen LogP contribution in [0.15, 0.2) is 57.5 Å². The fourth-order valence-corrected chi connectivity index (χ4v) is 6.63. The van der Waals surface area contributed by atoms with Crippen LogP contribution >= 0.6 is 23.5 Å². The van der Waals surface area contributed by atoms with E-state index in [1.165, 1.54) is 30.0 Å². The van der Waals surface area contributed by atoms with E-state index in [2.05, 4.69) is 15.5 Å². The van der Waals surface area contributed by atoms with Crippen LogP contribution in [0.25, 0.3) is 5.65 Å². The van der Waals surface area contributed by atoms with Crippen molar-refractivity contribution in [2.45, 2.75) is 29.1 Å². The van der Waals surface area contributed by atoms with Crippen LogP contribution in [-0.2, 0) is 25.7 Å². The number of benzene rings is 1. The van der Waals surface area contributed by atoms with Crippen molar-refractivity contribution in [2.75, 3.05) is 17.2 Å². The van der Waals surface area contributed by atoms with Crippen molar-refractivity contribution in [2.24, 2.45) is 0 Å². The monoisotopic (exact) mass is 587 g/mol. The van der Waals surface area contributed by atoms with Crippen molar-refractivity contribution < 1.29 is 34.5 Å². The maximum Gasteiger partial charge on any atom is 0.367 e. The number of thioether (sulfide) groups is 2. The van der Waals surface area contributed by atoms with Crippen molar-refractivity contribution in [3.8, 4) is 0 Å². The Hall–Kier alpha value is -4.35. The third-order valence-corrected chi connectivity index (χ3v) is 8.53. The topological polar surface area (TPSA) is 222 Å². The first kappa shape index (κ1) is 27.2. The van der Waals surface area contributed by atoms with Gasteiger partial charge in [-0.1, -0.05) is 18.2 Å². The highest BCUT2D eigenvalue weighted by molar-refractivity contribution is 8.01. The number of amides is 2. The van der Waals surface area contributed by atoms with Gasteiger partial charge in [0.2, 0.25) is 0 Å². The summed E-state index contributed by atoms with van der Waals surface area (Å²) in [7, 11) is 0. The summed E-state index contributed by atoms with van der Waals surface area (Å²) in [4.78, 5) is 62.1. The minimum absolute atomic E-state index is 0.130. The van der Waals surface area contributed by atoms with Gasteiger partial charge in [-0.3, -0.25) is 19.3 Å². The van der Waals surface area contributed by atoms with Crippen molar-refractivity contribution >= 4 is 58.6 Å². The van der Waals surface area contributed by atoms with Crippen LogP contribution in [0.2, 0.25) is 0 Å². The van der Waals surface area contributed by atoms with E-state index >= 15 is 0 Å². The molecule has 1 fully saturated rings. The lowest BCUT2D eigenvalue weighted by Crippen LogP contribution is -2.70. The minimum Gasteiger partial charge on any atom is -0.480 e. The average Bonchev–Trinajstić information content (AvgIpc) is 3.23. The first-order chi connectivity index (χ1) is 19.1. The molecule has 1 saturated heterocycles. The number of rotatable bonds is 9. The van der Waals surface area contributed by atoms with Crippen LogP contribution in [0.1, 0.15) is 11.7 Å². The molecule has 1 aromatic carbocycles. The normalized spacial score (nSPS) is 19.2. The zero-order valence-electron chi connectivity index (χ0n) is 20.3. The summed E-state index contributed by atoms with van der Waals surface area (Å²) in [5.41, 5.74) is 5.87. The Balaban J connectivity index is 1.29. The molecule has 2 aliphatic rings. The second-order valence-electron chi connectivity index (χ2n) is 8.75. The Kier molecular flexibility index (Phi) is 7.26.